The van der Waals surface area contributed by atoms with Gasteiger partial charge in [0.15, 0.2) is 0 Å². The Morgan fingerprint density at radius 1 is 1.42 bits per heavy atom. The van der Waals surface area contributed by atoms with E-state index in [2.05, 4.69) is 10.4 Å². The SMILES string of the molecule is NC[C@H]1CCC[C@H]1C(=O)Nc1ccnn1Cc1ccc(Cl)c(F)c1. The number of amides is 1. The summed E-state index contributed by atoms with van der Waals surface area (Å²) >= 11 is 5.70. The van der Waals surface area contributed by atoms with Gasteiger partial charge < -0.3 is 11.1 Å². The number of benzene rings is 1. The molecule has 1 aliphatic rings. The third-order valence-electron chi connectivity index (χ3n) is 4.58. The largest absolute Gasteiger partial charge is 0.330 e. The van der Waals surface area contributed by atoms with Gasteiger partial charge in [-0.25, -0.2) is 9.07 Å². The Morgan fingerprint density at radius 2 is 2.25 bits per heavy atom. The van der Waals surface area contributed by atoms with Crippen LogP contribution >= 0.6 is 11.6 Å². The highest BCUT2D eigenvalue weighted by atomic mass is 35.5. The van der Waals surface area contributed by atoms with Gasteiger partial charge in [0, 0.05) is 12.0 Å². The van der Waals surface area contributed by atoms with Crippen molar-refractivity contribution in [1.29, 1.82) is 0 Å². The molecule has 128 valence electrons. The van der Waals surface area contributed by atoms with Crippen LogP contribution in [0.5, 0.6) is 0 Å². The van der Waals surface area contributed by atoms with Crippen molar-refractivity contribution in [2.45, 2.75) is 25.8 Å². The molecule has 0 aliphatic heterocycles. The minimum atomic E-state index is -0.469. The lowest BCUT2D eigenvalue weighted by molar-refractivity contribution is -0.120. The van der Waals surface area contributed by atoms with Crippen LogP contribution in [0.3, 0.4) is 0 Å². The van der Waals surface area contributed by atoms with Crippen LogP contribution < -0.4 is 11.1 Å². The molecule has 0 unspecified atom stereocenters. The first-order chi connectivity index (χ1) is 11.6. The Labute approximate surface area is 145 Å². The Hall–Kier alpha value is -1.92. The molecule has 2 atom stereocenters. The summed E-state index contributed by atoms with van der Waals surface area (Å²) < 4.78 is 15.2. The molecule has 2 aromatic rings. The van der Waals surface area contributed by atoms with Crippen molar-refractivity contribution in [2.24, 2.45) is 17.6 Å². The number of anilines is 1. The number of halogens is 2. The molecule has 1 heterocycles. The number of nitrogens with two attached hydrogens (primary N) is 1. The number of hydrogen-bond donors (Lipinski definition) is 2. The van der Waals surface area contributed by atoms with Crippen LogP contribution in [-0.2, 0) is 11.3 Å². The van der Waals surface area contributed by atoms with Gasteiger partial charge in [-0.1, -0.05) is 24.1 Å². The molecule has 24 heavy (non-hydrogen) atoms. The summed E-state index contributed by atoms with van der Waals surface area (Å²) in [7, 11) is 0. The van der Waals surface area contributed by atoms with Crippen LogP contribution in [0.2, 0.25) is 5.02 Å². The van der Waals surface area contributed by atoms with E-state index in [1.807, 2.05) is 0 Å². The van der Waals surface area contributed by atoms with E-state index in [4.69, 9.17) is 17.3 Å². The molecule has 1 aromatic carbocycles. The lowest BCUT2D eigenvalue weighted by atomic mass is 9.95. The predicted molar refractivity (Wildman–Crippen MR) is 91.3 cm³/mol. The summed E-state index contributed by atoms with van der Waals surface area (Å²) in [5, 5.41) is 7.22. The first kappa shape index (κ1) is 16.9. The van der Waals surface area contributed by atoms with Gasteiger partial charge in [-0.2, -0.15) is 5.10 Å². The van der Waals surface area contributed by atoms with Crippen LogP contribution in [0, 0.1) is 17.7 Å². The maximum absolute atomic E-state index is 13.6. The van der Waals surface area contributed by atoms with E-state index in [-0.39, 0.29) is 22.8 Å². The average Bonchev–Trinajstić information content (AvgIpc) is 3.20. The number of hydrogen-bond acceptors (Lipinski definition) is 3. The van der Waals surface area contributed by atoms with E-state index in [0.717, 1.165) is 24.8 Å². The van der Waals surface area contributed by atoms with Gasteiger partial charge in [-0.3, -0.25) is 4.79 Å². The number of carbonyl (C=O) groups is 1. The lowest BCUT2D eigenvalue weighted by Gasteiger charge is -2.18. The van der Waals surface area contributed by atoms with E-state index in [0.29, 0.717) is 18.9 Å². The number of nitrogens with zero attached hydrogens (tertiary/aromatic N) is 2. The zero-order valence-electron chi connectivity index (χ0n) is 13.2. The highest BCUT2D eigenvalue weighted by Crippen LogP contribution is 2.31. The predicted octanol–water partition coefficient (Wildman–Crippen LogP) is 3.04. The first-order valence-corrected chi connectivity index (χ1v) is 8.43. The molecule has 1 fully saturated rings. The molecule has 0 bridgehead atoms. The summed E-state index contributed by atoms with van der Waals surface area (Å²) in [6.45, 7) is 0.878. The molecule has 1 aromatic heterocycles. The van der Waals surface area contributed by atoms with Crippen molar-refractivity contribution in [3.63, 3.8) is 0 Å². The van der Waals surface area contributed by atoms with Crippen molar-refractivity contribution in [1.82, 2.24) is 9.78 Å². The van der Waals surface area contributed by atoms with Gasteiger partial charge in [0.25, 0.3) is 0 Å². The number of rotatable bonds is 5. The molecular formula is C17H20ClFN4O. The molecule has 0 saturated heterocycles. The molecule has 7 heteroatoms. The van der Waals surface area contributed by atoms with Crippen LogP contribution in [0.25, 0.3) is 0 Å². The Kier molecular flexibility index (Phi) is 5.16. The van der Waals surface area contributed by atoms with E-state index >= 15 is 0 Å². The fourth-order valence-electron chi connectivity index (χ4n) is 3.26. The average molecular weight is 351 g/mol. The normalized spacial score (nSPS) is 20.3. The van der Waals surface area contributed by atoms with E-state index < -0.39 is 5.82 Å². The fraction of sp³-hybridized carbons (Fsp3) is 0.412. The Morgan fingerprint density at radius 3 is 3.00 bits per heavy atom. The van der Waals surface area contributed by atoms with Gasteiger partial charge in [-0.15, -0.1) is 0 Å². The minimum Gasteiger partial charge on any atom is -0.330 e. The van der Waals surface area contributed by atoms with Crippen LogP contribution in [-0.4, -0.2) is 22.2 Å². The van der Waals surface area contributed by atoms with Gasteiger partial charge in [0.2, 0.25) is 5.91 Å². The third-order valence-corrected chi connectivity index (χ3v) is 4.89. The summed E-state index contributed by atoms with van der Waals surface area (Å²) in [5.41, 5.74) is 6.47. The molecule has 0 spiro atoms. The second-order valence-electron chi connectivity index (χ2n) is 6.14. The molecule has 3 N–H and O–H groups in total. The summed E-state index contributed by atoms with van der Waals surface area (Å²) in [4.78, 5) is 12.5. The maximum atomic E-state index is 13.6. The van der Waals surface area contributed by atoms with Gasteiger partial charge in [0.1, 0.15) is 11.6 Å². The van der Waals surface area contributed by atoms with Crippen molar-refractivity contribution in [2.75, 3.05) is 11.9 Å². The van der Waals surface area contributed by atoms with Crippen molar-refractivity contribution < 1.29 is 9.18 Å². The van der Waals surface area contributed by atoms with Crippen LogP contribution in [0.4, 0.5) is 10.2 Å². The highest BCUT2D eigenvalue weighted by molar-refractivity contribution is 6.30. The van der Waals surface area contributed by atoms with E-state index in [1.165, 1.54) is 12.1 Å². The van der Waals surface area contributed by atoms with Gasteiger partial charge >= 0.3 is 0 Å². The monoisotopic (exact) mass is 350 g/mol. The van der Waals surface area contributed by atoms with Crippen molar-refractivity contribution in [3.05, 3.63) is 46.9 Å². The molecule has 1 saturated carbocycles. The minimum absolute atomic E-state index is 0.0213. The van der Waals surface area contributed by atoms with Crippen molar-refractivity contribution >= 4 is 23.3 Å². The van der Waals surface area contributed by atoms with Crippen LogP contribution in [0.1, 0.15) is 24.8 Å². The third kappa shape index (κ3) is 3.60. The zero-order valence-corrected chi connectivity index (χ0v) is 14.0. The van der Waals surface area contributed by atoms with E-state index in [1.54, 1.807) is 23.0 Å². The Balaban J connectivity index is 1.71. The lowest BCUT2D eigenvalue weighted by Crippen LogP contribution is -2.30. The zero-order chi connectivity index (χ0) is 17.1. The number of aromatic nitrogens is 2. The quantitative estimate of drug-likeness (QED) is 0.870. The molecule has 0 radical (unpaired) electrons. The summed E-state index contributed by atoms with van der Waals surface area (Å²) in [6, 6.07) is 6.35. The number of carbonyl (C=O) groups excluding carboxylic acids is 1. The fourth-order valence-corrected chi connectivity index (χ4v) is 3.38. The van der Waals surface area contributed by atoms with Gasteiger partial charge in [0.05, 0.1) is 17.8 Å². The smallest absolute Gasteiger partial charge is 0.228 e. The van der Waals surface area contributed by atoms with Crippen LogP contribution in [0.15, 0.2) is 30.5 Å². The Bertz CT molecular complexity index is 733. The summed E-state index contributed by atoms with van der Waals surface area (Å²) in [5.74, 6) is 0.298. The second-order valence-corrected chi connectivity index (χ2v) is 6.55. The molecular weight excluding hydrogens is 331 g/mol. The molecule has 1 aliphatic carbocycles. The number of nitrogens with one attached hydrogen (secondary N) is 1. The standard InChI is InChI=1S/C17H20ClFN4O/c18-14-5-4-11(8-15(14)19)10-23-16(6-7-21-23)22-17(24)13-3-1-2-12(13)9-20/h4-8,12-13H,1-3,9-10,20H2,(H,22,24)/t12-,13-/m1/s1. The molecule has 5 nitrogen and oxygen atoms in total. The van der Waals surface area contributed by atoms with Gasteiger partial charge in [-0.05, 0) is 43.0 Å². The molecule has 1 amide bonds. The second kappa shape index (κ2) is 7.32. The first-order valence-electron chi connectivity index (χ1n) is 8.05. The van der Waals surface area contributed by atoms with E-state index in [9.17, 15) is 9.18 Å². The topological polar surface area (TPSA) is 72.9 Å². The maximum Gasteiger partial charge on any atom is 0.228 e. The molecule has 3 rings (SSSR count). The van der Waals surface area contributed by atoms with Crippen molar-refractivity contribution in [3.8, 4) is 0 Å². The summed E-state index contributed by atoms with van der Waals surface area (Å²) in [6.07, 6.45) is 4.50. The highest BCUT2D eigenvalue weighted by Gasteiger charge is 2.32.